The van der Waals surface area contributed by atoms with Crippen molar-refractivity contribution >= 4 is 40.5 Å². The van der Waals surface area contributed by atoms with E-state index in [1.165, 1.54) is 4.90 Å². The van der Waals surface area contributed by atoms with Crippen LogP contribution in [0.4, 0.5) is 5.69 Å². The molecule has 2 atom stereocenters. The van der Waals surface area contributed by atoms with Gasteiger partial charge in [-0.05, 0) is 11.6 Å². The lowest BCUT2D eigenvalue weighted by Gasteiger charge is -2.26. The highest BCUT2D eigenvalue weighted by Crippen LogP contribution is 2.47. The number of hydrogen-bond donors (Lipinski definition) is 3. The van der Waals surface area contributed by atoms with Crippen molar-refractivity contribution in [2.24, 2.45) is 0 Å². The molecule has 0 bridgehead atoms. The summed E-state index contributed by atoms with van der Waals surface area (Å²) in [5.41, 5.74) is -0.0128. The maximum Gasteiger partial charge on any atom is 0.265 e. The Morgan fingerprint density at radius 3 is 2.56 bits per heavy atom. The van der Waals surface area contributed by atoms with Crippen LogP contribution in [0.5, 0.6) is 0 Å². The molecule has 2 amide bonds. The Morgan fingerprint density at radius 1 is 1.15 bits per heavy atom. The molecule has 2 aromatic carbocycles. The summed E-state index contributed by atoms with van der Waals surface area (Å²) in [6.07, 6.45) is 3.75. The highest BCUT2D eigenvalue weighted by molar-refractivity contribution is 8.15. The van der Waals surface area contributed by atoms with E-state index in [1.807, 2.05) is 42.5 Å². The van der Waals surface area contributed by atoms with Crippen molar-refractivity contribution in [3.8, 4) is 0 Å². The van der Waals surface area contributed by atoms with E-state index in [-0.39, 0.29) is 11.7 Å². The van der Waals surface area contributed by atoms with Gasteiger partial charge >= 0.3 is 0 Å². The van der Waals surface area contributed by atoms with Crippen molar-refractivity contribution in [1.29, 1.82) is 5.41 Å². The molecule has 2 aliphatic heterocycles. The number of thioether (sulfide) groups is 1. The van der Waals surface area contributed by atoms with Crippen LogP contribution in [0.3, 0.4) is 0 Å². The first-order chi connectivity index (χ1) is 13.0. The Labute approximate surface area is 160 Å². The van der Waals surface area contributed by atoms with Crippen molar-refractivity contribution in [1.82, 2.24) is 5.32 Å². The Hall–Kier alpha value is -2.90. The molecule has 4 rings (SSSR count). The van der Waals surface area contributed by atoms with Crippen molar-refractivity contribution in [3.63, 3.8) is 0 Å². The van der Waals surface area contributed by atoms with Crippen LogP contribution in [0.15, 0.2) is 60.7 Å². The topological polar surface area (TPSA) is 93.5 Å². The summed E-state index contributed by atoms with van der Waals surface area (Å²) in [6.45, 7) is 0.267. The molecule has 2 aromatic rings. The number of amidine groups is 1. The Balaban J connectivity index is 1.67. The molecule has 0 spiro atoms. The average Bonchev–Trinajstić information content (AvgIpc) is 3.13. The van der Waals surface area contributed by atoms with Gasteiger partial charge in [-0.3, -0.25) is 15.0 Å². The standard InChI is InChI=1S/C20H17N3O3S/c21-19-22-17(24)16(27-19)20(26)14-10-4-5-11-15(14)23(18(20)25)12-6-9-13-7-2-1-3-8-13/h1-11,16,26H,12H2,(H2,21,22,24). The molecule has 1 fully saturated rings. The summed E-state index contributed by atoms with van der Waals surface area (Å²) in [4.78, 5) is 26.8. The quantitative estimate of drug-likeness (QED) is 0.758. The first-order valence-corrected chi connectivity index (χ1v) is 9.31. The minimum Gasteiger partial charge on any atom is -0.374 e. The Bertz CT molecular complexity index is 960. The number of anilines is 1. The second-order valence-corrected chi connectivity index (χ2v) is 7.44. The molecule has 3 N–H and O–H groups in total. The molecule has 136 valence electrons. The maximum atomic E-state index is 13.1. The van der Waals surface area contributed by atoms with Gasteiger partial charge in [-0.2, -0.15) is 0 Å². The van der Waals surface area contributed by atoms with Gasteiger partial charge in [-0.15, -0.1) is 0 Å². The summed E-state index contributed by atoms with van der Waals surface area (Å²) in [5.74, 6) is -1.08. The smallest absolute Gasteiger partial charge is 0.265 e. The number of carbonyl (C=O) groups excluding carboxylic acids is 2. The third kappa shape index (κ3) is 2.85. The number of aliphatic hydroxyl groups is 1. The fraction of sp³-hybridized carbons (Fsp3) is 0.150. The van der Waals surface area contributed by atoms with Crippen molar-refractivity contribution < 1.29 is 14.7 Å². The molecule has 1 saturated heterocycles. The van der Waals surface area contributed by atoms with Crippen LogP contribution in [0.2, 0.25) is 0 Å². The van der Waals surface area contributed by atoms with Crippen LogP contribution in [0, 0.1) is 5.41 Å². The summed E-state index contributed by atoms with van der Waals surface area (Å²) < 4.78 is 0. The lowest BCUT2D eigenvalue weighted by Crippen LogP contribution is -2.50. The number of amides is 2. The summed E-state index contributed by atoms with van der Waals surface area (Å²) in [6, 6.07) is 16.6. The maximum absolute atomic E-state index is 13.1. The normalized spacial score (nSPS) is 24.6. The van der Waals surface area contributed by atoms with Crippen LogP contribution in [-0.4, -0.2) is 33.9 Å². The van der Waals surface area contributed by atoms with Gasteiger partial charge in [0.1, 0.15) is 5.25 Å². The number of fused-ring (bicyclic) bond motifs is 1. The molecule has 6 nitrogen and oxygen atoms in total. The van der Waals surface area contributed by atoms with Crippen molar-refractivity contribution in [3.05, 3.63) is 71.8 Å². The van der Waals surface area contributed by atoms with Crippen molar-refractivity contribution in [2.45, 2.75) is 10.9 Å². The molecule has 2 heterocycles. The van der Waals surface area contributed by atoms with E-state index in [0.717, 1.165) is 17.3 Å². The number of carbonyl (C=O) groups is 2. The number of nitrogens with zero attached hydrogens (tertiary/aromatic N) is 1. The Morgan fingerprint density at radius 2 is 1.85 bits per heavy atom. The van der Waals surface area contributed by atoms with E-state index in [1.54, 1.807) is 24.3 Å². The first kappa shape index (κ1) is 17.5. The third-order valence-corrected chi connectivity index (χ3v) is 5.79. The lowest BCUT2D eigenvalue weighted by molar-refractivity contribution is -0.140. The molecule has 0 saturated carbocycles. The van der Waals surface area contributed by atoms with E-state index in [9.17, 15) is 14.7 Å². The van der Waals surface area contributed by atoms with Gasteiger partial charge in [-0.1, -0.05) is 72.4 Å². The zero-order valence-electron chi connectivity index (χ0n) is 14.3. The zero-order chi connectivity index (χ0) is 19.0. The minimum absolute atomic E-state index is 0.0638. The highest BCUT2D eigenvalue weighted by Gasteiger charge is 2.59. The van der Waals surface area contributed by atoms with Crippen LogP contribution in [0.1, 0.15) is 11.1 Å². The Kier molecular flexibility index (Phi) is 4.33. The van der Waals surface area contributed by atoms with E-state index in [0.29, 0.717) is 11.3 Å². The molecule has 2 unspecified atom stereocenters. The second-order valence-electron chi connectivity index (χ2n) is 6.33. The molecule has 0 radical (unpaired) electrons. The van der Waals surface area contributed by atoms with Gasteiger partial charge < -0.3 is 15.3 Å². The number of nitrogens with one attached hydrogen (secondary N) is 2. The number of rotatable bonds is 4. The van der Waals surface area contributed by atoms with E-state index in [4.69, 9.17) is 5.41 Å². The van der Waals surface area contributed by atoms with E-state index < -0.39 is 22.7 Å². The molecule has 7 heteroatoms. The fourth-order valence-corrected chi connectivity index (χ4v) is 4.37. The van der Waals surface area contributed by atoms with Crippen LogP contribution < -0.4 is 10.2 Å². The third-order valence-electron chi connectivity index (χ3n) is 4.66. The average molecular weight is 379 g/mol. The highest BCUT2D eigenvalue weighted by atomic mass is 32.2. The SMILES string of the molecule is N=C1NC(=O)C(C2(O)C(=O)N(CC=Cc3ccccc3)c3ccccc32)S1. The lowest BCUT2D eigenvalue weighted by atomic mass is 9.91. The number of para-hydroxylation sites is 1. The summed E-state index contributed by atoms with van der Waals surface area (Å²) in [7, 11) is 0. The summed E-state index contributed by atoms with van der Waals surface area (Å²) >= 11 is 0.867. The van der Waals surface area contributed by atoms with Crippen LogP contribution >= 0.6 is 11.8 Å². The molecular weight excluding hydrogens is 362 g/mol. The molecular formula is C20H17N3O3S. The monoisotopic (exact) mass is 379 g/mol. The first-order valence-electron chi connectivity index (χ1n) is 8.43. The van der Waals surface area contributed by atoms with Gasteiger partial charge in [0.05, 0.1) is 5.69 Å². The van der Waals surface area contributed by atoms with Gasteiger partial charge in [0.15, 0.2) is 10.8 Å². The van der Waals surface area contributed by atoms with Gasteiger partial charge in [0, 0.05) is 12.1 Å². The van der Waals surface area contributed by atoms with Gasteiger partial charge in [-0.25, -0.2) is 0 Å². The van der Waals surface area contributed by atoms with Gasteiger partial charge in [0.2, 0.25) is 5.91 Å². The fourth-order valence-electron chi connectivity index (χ4n) is 3.41. The number of benzene rings is 2. The summed E-state index contributed by atoms with van der Waals surface area (Å²) in [5, 5.41) is 20.2. The zero-order valence-corrected chi connectivity index (χ0v) is 15.1. The van der Waals surface area contributed by atoms with E-state index >= 15 is 0 Å². The van der Waals surface area contributed by atoms with Crippen LogP contribution in [0.25, 0.3) is 6.08 Å². The largest absolute Gasteiger partial charge is 0.374 e. The van der Waals surface area contributed by atoms with Crippen molar-refractivity contribution in [2.75, 3.05) is 11.4 Å². The van der Waals surface area contributed by atoms with Crippen LogP contribution in [-0.2, 0) is 15.2 Å². The van der Waals surface area contributed by atoms with Gasteiger partial charge in [0.25, 0.3) is 5.91 Å². The molecule has 27 heavy (non-hydrogen) atoms. The predicted molar refractivity (Wildman–Crippen MR) is 105 cm³/mol. The number of hydrogen-bond acceptors (Lipinski definition) is 5. The minimum atomic E-state index is -1.99. The molecule has 0 aliphatic carbocycles. The predicted octanol–water partition coefficient (Wildman–Crippen LogP) is 2.10. The molecule has 0 aromatic heterocycles. The van der Waals surface area contributed by atoms with E-state index in [2.05, 4.69) is 5.32 Å². The second kappa shape index (κ2) is 6.68. The molecule has 2 aliphatic rings.